The second-order valence-corrected chi connectivity index (χ2v) is 9.76. The highest BCUT2D eigenvalue weighted by atomic mass is 16.5. The van der Waals surface area contributed by atoms with Gasteiger partial charge in [0.25, 0.3) is 11.8 Å². The molecule has 0 aromatic heterocycles. The summed E-state index contributed by atoms with van der Waals surface area (Å²) < 4.78 is 16.7. The number of hydrogen-bond acceptors (Lipinski definition) is 5. The number of amides is 2. The first-order chi connectivity index (χ1) is 19.9. The number of para-hydroxylation sites is 2. The highest BCUT2D eigenvalue weighted by Gasteiger charge is 2.30. The van der Waals surface area contributed by atoms with Crippen molar-refractivity contribution in [1.82, 2.24) is 5.32 Å². The number of rotatable bonds is 9. The van der Waals surface area contributed by atoms with Crippen LogP contribution in [0.5, 0.6) is 17.2 Å². The van der Waals surface area contributed by atoms with Gasteiger partial charge in [0, 0.05) is 18.2 Å². The average Bonchev–Trinajstić information content (AvgIpc) is 2.99. The van der Waals surface area contributed by atoms with E-state index in [0.29, 0.717) is 36.6 Å². The Balaban J connectivity index is 1.27. The zero-order valence-electron chi connectivity index (χ0n) is 23.3. The van der Waals surface area contributed by atoms with Gasteiger partial charge in [0.15, 0.2) is 11.5 Å². The smallest absolute Gasteiger partial charge is 0.294 e. The van der Waals surface area contributed by atoms with Gasteiger partial charge in [-0.3, -0.25) is 14.5 Å². The van der Waals surface area contributed by atoms with Gasteiger partial charge in [-0.05, 0) is 66.4 Å². The third-order valence-electron chi connectivity index (χ3n) is 6.90. The molecule has 1 aliphatic heterocycles. The Bertz CT molecular complexity index is 1590. The summed E-state index contributed by atoms with van der Waals surface area (Å²) in [6.07, 6.45) is 2.32. The molecule has 7 nitrogen and oxygen atoms in total. The third-order valence-corrected chi connectivity index (χ3v) is 6.90. The second kappa shape index (κ2) is 12.4. The molecule has 0 saturated carbocycles. The average molecular weight is 549 g/mol. The molecule has 0 unspecified atom stereocenters. The number of carbonyl (C=O) groups excluding carboxylic acids is 2. The van der Waals surface area contributed by atoms with Crippen molar-refractivity contribution in [3.63, 3.8) is 0 Å². The summed E-state index contributed by atoms with van der Waals surface area (Å²) in [4.78, 5) is 28.0. The maximum atomic E-state index is 13.5. The fourth-order valence-corrected chi connectivity index (χ4v) is 4.77. The molecule has 0 fully saturated rings. The van der Waals surface area contributed by atoms with E-state index in [-0.39, 0.29) is 17.6 Å². The van der Waals surface area contributed by atoms with E-state index in [1.807, 2.05) is 67.6 Å². The molecule has 5 rings (SSSR count). The first-order valence-electron chi connectivity index (χ1n) is 13.4. The van der Waals surface area contributed by atoms with Gasteiger partial charge in [-0.2, -0.15) is 0 Å². The Kier molecular flexibility index (Phi) is 8.34. The van der Waals surface area contributed by atoms with Crippen LogP contribution in [0.4, 0.5) is 5.69 Å². The van der Waals surface area contributed by atoms with Crippen molar-refractivity contribution in [2.24, 2.45) is 0 Å². The summed E-state index contributed by atoms with van der Waals surface area (Å²) in [5, 5.41) is 2.95. The van der Waals surface area contributed by atoms with Gasteiger partial charge in [0.1, 0.15) is 11.5 Å². The van der Waals surface area contributed by atoms with Crippen molar-refractivity contribution in [3.8, 4) is 17.2 Å². The zero-order valence-corrected chi connectivity index (χ0v) is 23.3. The van der Waals surface area contributed by atoms with Gasteiger partial charge >= 0.3 is 0 Å². The fraction of sp³-hybridized carbons (Fsp3) is 0.176. The van der Waals surface area contributed by atoms with Crippen LogP contribution in [-0.4, -0.2) is 32.6 Å². The molecule has 4 aromatic rings. The number of fused-ring (bicyclic) bond motifs is 1. The van der Waals surface area contributed by atoms with E-state index in [9.17, 15) is 9.59 Å². The minimum atomic E-state index is -0.221. The highest BCUT2D eigenvalue weighted by Crippen LogP contribution is 2.36. The lowest BCUT2D eigenvalue weighted by Crippen LogP contribution is -2.36. The Morgan fingerprint density at radius 3 is 2.49 bits per heavy atom. The van der Waals surface area contributed by atoms with E-state index in [2.05, 4.69) is 11.4 Å². The van der Waals surface area contributed by atoms with E-state index < -0.39 is 0 Å². The maximum Gasteiger partial charge on any atom is 0.294 e. The summed E-state index contributed by atoms with van der Waals surface area (Å²) >= 11 is 0. The number of hydrogen-bond donors (Lipinski definition) is 1. The van der Waals surface area contributed by atoms with Crippen molar-refractivity contribution in [1.29, 1.82) is 0 Å². The summed E-state index contributed by atoms with van der Waals surface area (Å²) in [5.74, 6) is 1.88. The summed E-state index contributed by atoms with van der Waals surface area (Å²) in [6.45, 7) is 2.91. The fourth-order valence-electron chi connectivity index (χ4n) is 4.77. The van der Waals surface area contributed by atoms with Gasteiger partial charge in [0.05, 0.1) is 26.5 Å². The van der Waals surface area contributed by atoms with Gasteiger partial charge in [0.2, 0.25) is 0 Å². The number of carbonyl (C=O) groups is 2. The van der Waals surface area contributed by atoms with E-state index in [1.165, 1.54) is 0 Å². The van der Waals surface area contributed by atoms with Crippen LogP contribution < -0.4 is 24.4 Å². The topological polar surface area (TPSA) is 77.1 Å². The first kappa shape index (κ1) is 27.5. The molecule has 7 heteroatoms. The molecule has 0 radical (unpaired) electrons. The third kappa shape index (κ3) is 6.41. The van der Waals surface area contributed by atoms with E-state index >= 15 is 0 Å². The monoisotopic (exact) mass is 548 g/mol. The minimum Gasteiger partial charge on any atom is -0.497 e. The van der Waals surface area contributed by atoms with Crippen LogP contribution >= 0.6 is 0 Å². The first-order valence-corrected chi connectivity index (χ1v) is 13.4. The van der Waals surface area contributed by atoms with E-state index in [0.717, 1.165) is 33.7 Å². The van der Waals surface area contributed by atoms with Gasteiger partial charge < -0.3 is 19.5 Å². The summed E-state index contributed by atoms with van der Waals surface area (Å²) in [5.41, 5.74) is 5.16. The predicted molar refractivity (Wildman–Crippen MR) is 159 cm³/mol. The molecule has 2 amide bonds. The number of ether oxygens (including phenoxy) is 3. The molecule has 0 aliphatic carbocycles. The molecule has 0 saturated heterocycles. The Hall–Kier alpha value is -5.04. The number of methoxy groups -OCH3 is 2. The van der Waals surface area contributed by atoms with Gasteiger partial charge in [-0.25, -0.2) is 0 Å². The van der Waals surface area contributed by atoms with Crippen LogP contribution in [0.1, 0.15) is 32.6 Å². The Morgan fingerprint density at radius 2 is 1.73 bits per heavy atom. The summed E-state index contributed by atoms with van der Waals surface area (Å²) in [7, 11) is 3.22. The molecule has 41 heavy (non-hydrogen) atoms. The van der Waals surface area contributed by atoms with Crippen molar-refractivity contribution in [2.45, 2.75) is 19.9 Å². The number of benzene rings is 4. The van der Waals surface area contributed by atoms with Crippen LogP contribution in [0.15, 0.2) is 96.8 Å². The molecular weight excluding hydrogens is 516 g/mol. The molecule has 4 aromatic carbocycles. The van der Waals surface area contributed by atoms with Crippen molar-refractivity contribution in [3.05, 3.63) is 125 Å². The zero-order chi connectivity index (χ0) is 28.8. The molecule has 0 spiro atoms. The van der Waals surface area contributed by atoms with Crippen LogP contribution in [0.25, 0.3) is 6.08 Å². The molecule has 1 N–H and O–H groups in total. The largest absolute Gasteiger partial charge is 0.497 e. The number of anilines is 1. The number of nitrogens with zero attached hydrogens (tertiary/aromatic N) is 1. The van der Waals surface area contributed by atoms with Gasteiger partial charge in [-0.1, -0.05) is 60.2 Å². The highest BCUT2D eigenvalue weighted by molar-refractivity contribution is 6.09. The number of nitrogens with one attached hydrogen (secondary N) is 1. The van der Waals surface area contributed by atoms with Gasteiger partial charge in [-0.15, -0.1) is 0 Å². The lowest BCUT2D eigenvalue weighted by atomic mass is 10.1. The van der Waals surface area contributed by atoms with Crippen molar-refractivity contribution in [2.75, 3.05) is 25.7 Å². The quantitative estimate of drug-likeness (QED) is 0.262. The number of aryl methyl sites for hydroxylation is 1. The molecule has 0 atom stereocenters. The Morgan fingerprint density at radius 1 is 0.927 bits per heavy atom. The van der Waals surface area contributed by atoms with Crippen LogP contribution in [0.3, 0.4) is 0 Å². The Labute approximate surface area is 240 Å². The molecular formula is C34H32N2O5. The van der Waals surface area contributed by atoms with E-state index in [4.69, 9.17) is 14.2 Å². The summed E-state index contributed by atoms with van der Waals surface area (Å²) in [6, 6.07) is 28.3. The predicted octanol–water partition coefficient (Wildman–Crippen LogP) is 5.95. The molecule has 208 valence electrons. The van der Waals surface area contributed by atoms with Crippen LogP contribution in [-0.2, 0) is 17.8 Å². The van der Waals surface area contributed by atoms with Crippen molar-refractivity contribution >= 4 is 23.6 Å². The molecule has 1 heterocycles. The SMILES string of the molecule is COc1ccc(CCNC(=O)c2ccc(C=C3Oc4ccccc4N(Cc4cccc(C)c4)C3=O)cc2)c(OC)c1. The molecule has 0 bridgehead atoms. The lowest BCUT2D eigenvalue weighted by Gasteiger charge is -2.30. The van der Waals surface area contributed by atoms with Crippen molar-refractivity contribution < 1.29 is 23.8 Å². The minimum absolute atomic E-state index is 0.181. The lowest BCUT2D eigenvalue weighted by molar-refractivity contribution is -0.117. The molecule has 1 aliphatic rings. The second-order valence-electron chi connectivity index (χ2n) is 9.76. The standard InChI is InChI=1S/C34H32N2O5/c1-23-7-6-8-25(19-23)22-36-29-9-4-5-10-30(29)41-32(34(36)38)20-24-11-13-27(14-12-24)33(37)35-18-17-26-15-16-28(39-2)21-31(26)40-3/h4-16,19-21H,17-18,22H2,1-3H3,(H,35,37). The maximum absolute atomic E-state index is 13.5. The van der Waals surface area contributed by atoms with Crippen LogP contribution in [0.2, 0.25) is 0 Å². The normalized spacial score (nSPS) is 13.4. The van der Waals surface area contributed by atoms with E-state index in [1.54, 1.807) is 49.5 Å². The van der Waals surface area contributed by atoms with Crippen LogP contribution in [0, 0.1) is 6.92 Å².